The third kappa shape index (κ3) is 6.49. The quantitative estimate of drug-likeness (QED) is 0.400. The fourth-order valence-electron chi connectivity index (χ4n) is 4.28. The molecule has 2 aromatic rings. The predicted molar refractivity (Wildman–Crippen MR) is 135 cm³/mol. The number of likely N-dealkylation sites (tertiary alicyclic amines) is 1. The SMILES string of the molecule is CCOC(=O)CCn1ccc(/C=C2/CN(C(C(=O)C3CC3)c3ccccc3F)CCC2S)n1.Cl. The first-order valence-electron chi connectivity index (χ1n) is 11.6. The number of ketones is 1. The molecule has 1 saturated carbocycles. The van der Waals surface area contributed by atoms with Crippen molar-refractivity contribution in [1.29, 1.82) is 0 Å². The number of carbonyl (C=O) groups excluding carboxylic acids is 2. The Hall–Kier alpha value is -2.16. The number of aromatic nitrogens is 2. The van der Waals surface area contributed by atoms with E-state index in [1.54, 1.807) is 29.8 Å². The van der Waals surface area contributed by atoms with Crippen molar-refractivity contribution in [2.45, 2.75) is 50.4 Å². The highest BCUT2D eigenvalue weighted by atomic mass is 35.5. The molecule has 184 valence electrons. The first-order valence-corrected chi connectivity index (χ1v) is 12.1. The molecule has 4 rings (SSSR count). The maximum atomic E-state index is 14.7. The number of hydrogen-bond donors (Lipinski definition) is 1. The summed E-state index contributed by atoms with van der Waals surface area (Å²) in [6, 6.07) is 7.90. The second-order valence-corrected chi connectivity index (χ2v) is 9.28. The van der Waals surface area contributed by atoms with Gasteiger partial charge < -0.3 is 4.74 Å². The Labute approximate surface area is 211 Å². The Kier molecular flexibility index (Phi) is 9.33. The normalized spacial score (nSPS) is 20.6. The zero-order chi connectivity index (χ0) is 23.4. The minimum absolute atomic E-state index is 0. The van der Waals surface area contributed by atoms with E-state index >= 15 is 0 Å². The summed E-state index contributed by atoms with van der Waals surface area (Å²) in [5.41, 5.74) is 2.27. The van der Waals surface area contributed by atoms with E-state index < -0.39 is 6.04 Å². The van der Waals surface area contributed by atoms with Gasteiger partial charge in [-0.3, -0.25) is 19.2 Å². The van der Waals surface area contributed by atoms with E-state index in [1.165, 1.54) is 6.07 Å². The summed E-state index contributed by atoms with van der Waals surface area (Å²) in [7, 11) is 0. The average molecular weight is 508 g/mol. The summed E-state index contributed by atoms with van der Waals surface area (Å²) < 4.78 is 21.4. The summed E-state index contributed by atoms with van der Waals surface area (Å²) in [6.07, 6.45) is 6.63. The number of esters is 1. The fourth-order valence-corrected chi connectivity index (χ4v) is 4.55. The number of nitrogens with zero attached hydrogens (tertiary/aromatic N) is 3. The van der Waals surface area contributed by atoms with Crippen molar-refractivity contribution >= 4 is 42.9 Å². The molecule has 6 nitrogen and oxygen atoms in total. The minimum Gasteiger partial charge on any atom is -0.466 e. The van der Waals surface area contributed by atoms with Crippen molar-refractivity contribution in [3.63, 3.8) is 0 Å². The monoisotopic (exact) mass is 507 g/mol. The number of benzene rings is 1. The largest absolute Gasteiger partial charge is 0.466 e. The summed E-state index contributed by atoms with van der Waals surface area (Å²) in [4.78, 5) is 26.8. The molecule has 2 fully saturated rings. The number of halogens is 2. The molecule has 2 unspecified atom stereocenters. The van der Waals surface area contributed by atoms with E-state index in [1.807, 2.05) is 18.3 Å². The standard InChI is InChI=1S/C25H30FN3O3S.ClH/c1-2-32-23(30)11-14-29-13-9-19(27-29)15-18-16-28(12-10-22(18)33)24(25(31)17-7-8-17)20-5-3-4-6-21(20)26;/h3-6,9,13,15,17,22,24,33H,2,7-8,10-12,14,16H2,1H3;1H/b18-15-;. The molecule has 2 atom stereocenters. The van der Waals surface area contributed by atoms with Gasteiger partial charge >= 0.3 is 5.97 Å². The lowest BCUT2D eigenvalue weighted by Crippen LogP contribution is -2.42. The van der Waals surface area contributed by atoms with E-state index in [-0.39, 0.29) is 47.6 Å². The van der Waals surface area contributed by atoms with Gasteiger partial charge in [0.05, 0.1) is 31.3 Å². The van der Waals surface area contributed by atoms with Gasteiger partial charge in [-0.05, 0) is 50.0 Å². The first kappa shape index (κ1) is 26.4. The second-order valence-electron chi connectivity index (χ2n) is 8.65. The number of thiol groups is 1. The maximum Gasteiger partial charge on any atom is 0.307 e. The number of aryl methyl sites for hydroxylation is 1. The van der Waals surface area contributed by atoms with E-state index in [0.29, 0.717) is 31.8 Å². The number of rotatable bonds is 9. The summed E-state index contributed by atoms with van der Waals surface area (Å²) in [5, 5.41) is 4.58. The van der Waals surface area contributed by atoms with Crippen LogP contribution in [0.5, 0.6) is 0 Å². The number of hydrogen-bond acceptors (Lipinski definition) is 6. The van der Waals surface area contributed by atoms with Crippen LogP contribution >= 0.6 is 25.0 Å². The van der Waals surface area contributed by atoms with Crippen molar-refractivity contribution < 1.29 is 18.7 Å². The summed E-state index contributed by atoms with van der Waals surface area (Å²) in [5.74, 6) is -0.438. The highest BCUT2D eigenvalue weighted by molar-refractivity contribution is 7.81. The fraction of sp³-hybridized carbons (Fsp3) is 0.480. The van der Waals surface area contributed by atoms with E-state index in [0.717, 1.165) is 30.5 Å². The topological polar surface area (TPSA) is 64.4 Å². The van der Waals surface area contributed by atoms with Gasteiger partial charge in [0.1, 0.15) is 5.82 Å². The molecule has 0 spiro atoms. The van der Waals surface area contributed by atoms with Gasteiger partial charge in [0.15, 0.2) is 5.78 Å². The number of carbonyl (C=O) groups is 2. The van der Waals surface area contributed by atoms with Crippen LogP contribution in [0.4, 0.5) is 4.39 Å². The molecule has 34 heavy (non-hydrogen) atoms. The van der Waals surface area contributed by atoms with Crippen LogP contribution in [-0.4, -0.2) is 51.4 Å². The van der Waals surface area contributed by atoms with Gasteiger partial charge in [-0.25, -0.2) is 4.39 Å². The summed E-state index contributed by atoms with van der Waals surface area (Å²) >= 11 is 4.76. The molecule has 0 N–H and O–H groups in total. The van der Waals surface area contributed by atoms with Gasteiger partial charge in [-0.1, -0.05) is 18.2 Å². The third-order valence-corrected chi connectivity index (χ3v) is 6.75. The Morgan fingerprint density at radius 3 is 2.74 bits per heavy atom. The van der Waals surface area contributed by atoms with Crippen molar-refractivity contribution in [3.05, 3.63) is 59.2 Å². The third-order valence-electron chi connectivity index (χ3n) is 6.16. The van der Waals surface area contributed by atoms with Crippen molar-refractivity contribution in [1.82, 2.24) is 14.7 Å². The van der Waals surface area contributed by atoms with Crippen molar-refractivity contribution in [3.8, 4) is 0 Å². The predicted octanol–water partition coefficient (Wildman–Crippen LogP) is 4.51. The van der Waals surface area contributed by atoms with Crippen LogP contribution in [0.1, 0.15) is 49.9 Å². The van der Waals surface area contributed by atoms with E-state index in [2.05, 4.69) is 10.00 Å². The Bertz CT molecular complexity index is 1040. The van der Waals surface area contributed by atoms with Crippen LogP contribution in [0.2, 0.25) is 0 Å². The lowest BCUT2D eigenvalue weighted by atomic mass is 9.93. The highest BCUT2D eigenvalue weighted by Crippen LogP contribution is 2.39. The zero-order valence-electron chi connectivity index (χ0n) is 19.2. The molecule has 2 aliphatic rings. The molecule has 2 heterocycles. The second kappa shape index (κ2) is 12.0. The van der Waals surface area contributed by atoms with Crippen molar-refractivity contribution in [2.24, 2.45) is 5.92 Å². The smallest absolute Gasteiger partial charge is 0.307 e. The molecule has 0 amide bonds. The van der Waals surface area contributed by atoms with Gasteiger partial charge in [0, 0.05) is 36.0 Å². The zero-order valence-corrected chi connectivity index (χ0v) is 20.9. The highest BCUT2D eigenvalue weighted by Gasteiger charge is 2.40. The van der Waals surface area contributed by atoms with Crippen LogP contribution in [0, 0.1) is 11.7 Å². The minimum atomic E-state index is -0.579. The number of Topliss-reactive ketones (excluding diaryl/α,β-unsaturated/α-hetero) is 1. The molecule has 1 aliphatic carbocycles. The lowest BCUT2D eigenvalue weighted by Gasteiger charge is -2.37. The maximum absolute atomic E-state index is 14.7. The lowest BCUT2D eigenvalue weighted by molar-refractivity contribution is -0.143. The number of ether oxygens (including phenoxy) is 1. The Balaban J connectivity index is 0.00000324. The number of piperidine rings is 1. The molecule has 1 aromatic heterocycles. The van der Waals surface area contributed by atoms with Gasteiger partial charge in [-0.15, -0.1) is 12.4 Å². The molecular formula is C25H31ClFN3O3S. The van der Waals surface area contributed by atoms with Crippen molar-refractivity contribution in [2.75, 3.05) is 19.7 Å². The van der Waals surface area contributed by atoms with Gasteiger partial charge in [0.25, 0.3) is 0 Å². The van der Waals surface area contributed by atoms with Crippen LogP contribution in [0.3, 0.4) is 0 Å². The van der Waals surface area contributed by atoms with E-state index in [9.17, 15) is 14.0 Å². The van der Waals surface area contributed by atoms with Crippen LogP contribution in [-0.2, 0) is 20.9 Å². The van der Waals surface area contributed by atoms with Crippen LogP contribution < -0.4 is 0 Å². The first-order chi connectivity index (χ1) is 16.0. The van der Waals surface area contributed by atoms with Crippen LogP contribution in [0.15, 0.2) is 42.1 Å². The van der Waals surface area contributed by atoms with Crippen LogP contribution in [0.25, 0.3) is 6.08 Å². The molecule has 1 aromatic carbocycles. The molecule has 9 heteroatoms. The van der Waals surface area contributed by atoms with E-state index in [4.69, 9.17) is 17.4 Å². The molecule has 0 bridgehead atoms. The molecule has 0 radical (unpaired) electrons. The molecular weight excluding hydrogens is 477 g/mol. The van der Waals surface area contributed by atoms with Gasteiger partial charge in [-0.2, -0.15) is 17.7 Å². The Morgan fingerprint density at radius 2 is 2.03 bits per heavy atom. The molecule has 1 aliphatic heterocycles. The van der Waals surface area contributed by atoms with Gasteiger partial charge in [0.2, 0.25) is 0 Å². The molecule has 1 saturated heterocycles. The average Bonchev–Trinajstić information content (AvgIpc) is 3.56. The Morgan fingerprint density at radius 1 is 1.26 bits per heavy atom. The summed E-state index contributed by atoms with van der Waals surface area (Å²) in [6.45, 7) is 3.81.